The monoisotopic (exact) mass is 263 g/mol. The largest absolute Gasteiger partial charge is 0.480 e. The third kappa shape index (κ3) is 7.60. The Morgan fingerprint density at radius 3 is 2.00 bits per heavy atom. The molecular formula is C12H25NO5. The maximum absolute atomic E-state index is 11.2. The molecule has 0 fully saturated rings. The smallest absolute Gasteiger partial charge is 0.323 e. The molecule has 0 heterocycles. The van der Waals surface area contributed by atoms with Crippen molar-refractivity contribution in [2.24, 2.45) is 0 Å². The van der Waals surface area contributed by atoms with Gasteiger partial charge in [-0.15, -0.1) is 0 Å². The lowest BCUT2D eigenvalue weighted by Crippen LogP contribution is -2.47. The Balaban J connectivity index is 4.32. The third-order valence-electron chi connectivity index (χ3n) is 2.50. The Bertz CT molecular complexity index is 203. The van der Waals surface area contributed by atoms with Gasteiger partial charge in [-0.05, 0) is 13.8 Å². The number of ether oxygens (including phenoxy) is 3. The van der Waals surface area contributed by atoms with Crippen LogP contribution in [0.3, 0.4) is 0 Å². The normalized spacial score (nSPS) is 12.9. The molecule has 0 aromatic heterocycles. The van der Waals surface area contributed by atoms with E-state index in [0.717, 1.165) is 0 Å². The van der Waals surface area contributed by atoms with Crippen molar-refractivity contribution in [3.8, 4) is 0 Å². The van der Waals surface area contributed by atoms with Gasteiger partial charge in [-0.3, -0.25) is 9.69 Å². The molecule has 0 aliphatic heterocycles. The zero-order valence-electron chi connectivity index (χ0n) is 11.6. The summed E-state index contributed by atoms with van der Waals surface area (Å²) in [6.45, 7) is 7.37. The minimum atomic E-state index is -0.884. The van der Waals surface area contributed by atoms with Crippen LogP contribution >= 0.6 is 0 Å². The van der Waals surface area contributed by atoms with Crippen LogP contribution in [0.4, 0.5) is 0 Å². The van der Waals surface area contributed by atoms with E-state index in [1.165, 1.54) is 7.11 Å². The van der Waals surface area contributed by atoms with Crippen LogP contribution < -0.4 is 0 Å². The zero-order chi connectivity index (χ0) is 13.8. The van der Waals surface area contributed by atoms with E-state index in [9.17, 15) is 9.90 Å². The molecule has 0 aromatic rings. The average molecular weight is 263 g/mol. The number of methoxy groups -OCH3 is 1. The second-order valence-electron chi connectivity index (χ2n) is 3.74. The summed E-state index contributed by atoms with van der Waals surface area (Å²) < 4.78 is 15.5. The van der Waals surface area contributed by atoms with E-state index in [4.69, 9.17) is 14.2 Å². The Morgan fingerprint density at radius 1 is 1.17 bits per heavy atom. The third-order valence-corrected chi connectivity index (χ3v) is 2.50. The van der Waals surface area contributed by atoms with E-state index in [1.54, 1.807) is 0 Å². The van der Waals surface area contributed by atoms with Gasteiger partial charge in [0.05, 0.1) is 19.8 Å². The molecule has 0 saturated carbocycles. The highest BCUT2D eigenvalue weighted by Crippen LogP contribution is 2.01. The van der Waals surface area contributed by atoms with Gasteiger partial charge >= 0.3 is 5.97 Å². The number of aliphatic carboxylic acids is 1. The number of rotatable bonds is 12. The van der Waals surface area contributed by atoms with Crippen LogP contribution in [0, 0.1) is 0 Å². The van der Waals surface area contributed by atoms with Gasteiger partial charge in [-0.1, -0.05) is 0 Å². The van der Waals surface area contributed by atoms with Crippen molar-refractivity contribution in [2.45, 2.75) is 19.9 Å². The van der Waals surface area contributed by atoms with Crippen LogP contribution in [0.25, 0.3) is 0 Å². The van der Waals surface area contributed by atoms with Crippen molar-refractivity contribution >= 4 is 5.97 Å². The lowest BCUT2D eigenvalue weighted by molar-refractivity contribution is -0.146. The summed E-state index contributed by atoms with van der Waals surface area (Å²) in [4.78, 5) is 13.0. The highest BCUT2D eigenvalue weighted by molar-refractivity contribution is 5.73. The van der Waals surface area contributed by atoms with Gasteiger partial charge in [0.1, 0.15) is 6.04 Å². The van der Waals surface area contributed by atoms with Gasteiger partial charge in [0, 0.05) is 33.4 Å². The molecule has 1 N–H and O–H groups in total. The van der Waals surface area contributed by atoms with Crippen LogP contribution in [0.1, 0.15) is 13.8 Å². The van der Waals surface area contributed by atoms with Crippen LogP contribution in [0.2, 0.25) is 0 Å². The zero-order valence-corrected chi connectivity index (χ0v) is 11.6. The molecule has 0 saturated heterocycles. The molecule has 0 aromatic carbocycles. The molecule has 0 aliphatic rings. The molecule has 0 spiro atoms. The molecular weight excluding hydrogens is 238 g/mol. The minimum absolute atomic E-state index is 0.160. The maximum Gasteiger partial charge on any atom is 0.323 e. The molecule has 0 rings (SSSR count). The van der Waals surface area contributed by atoms with Crippen molar-refractivity contribution < 1.29 is 24.1 Å². The van der Waals surface area contributed by atoms with Gasteiger partial charge in [-0.25, -0.2) is 0 Å². The first-order chi connectivity index (χ1) is 8.67. The first kappa shape index (κ1) is 17.3. The minimum Gasteiger partial charge on any atom is -0.480 e. The number of hydrogen-bond acceptors (Lipinski definition) is 5. The maximum atomic E-state index is 11.2. The van der Waals surface area contributed by atoms with E-state index in [1.807, 2.05) is 18.7 Å². The molecule has 0 aliphatic carbocycles. The van der Waals surface area contributed by atoms with Gasteiger partial charge in [0.2, 0.25) is 0 Å². The predicted octanol–water partition coefficient (Wildman–Crippen LogP) is 0.461. The molecule has 6 nitrogen and oxygen atoms in total. The van der Waals surface area contributed by atoms with Crippen LogP contribution in [0.15, 0.2) is 0 Å². The highest BCUT2D eigenvalue weighted by atomic mass is 16.5. The van der Waals surface area contributed by atoms with Crippen molar-refractivity contribution in [1.29, 1.82) is 0 Å². The van der Waals surface area contributed by atoms with E-state index in [0.29, 0.717) is 39.5 Å². The number of carbonyl (C=O) groups is 1. The summed E-state index contributed by atoms with van der Waals surface area (Å²) in [5, 5.41) is 9.18. The van der Waals surface area contributed by atoms with Gasteiger partial charge < -0.3 is 19.3 Å². The molecule has 108 valence electrons. The lowest BCUT2D eigenvalue weighted by Gasteiger charge is -2.28. The van der Waals surface area contributed by atoms with Crippen molar-refractivity contribution in [3.63, 3.8) is 0 Å². The van der Waals surface area contributed by atoms with Gasteiger partial charge in [0.25, 0.3) is 0 Å². The number of nitrogens with zero attached hydrogens (tertiary/aromatic N) is 1. The molecule has 0 bridgehead atoms. The van der Waals surface area contributed by atoms with Crippen LogP contribution in [-0.2, 0) is 19.0 Å². The summed E-state index contributed by atoms with van der Waals surface area (Å²) in [5.74, 6) is -0.884. The molecule has 18 heavy (non-hydrogen) atoms. The SMILES string of the molecule is CCOCCN(CCOCC)C(COC)C(=O)O. The second kappa shape index (κ2) is 11.4. The fourth-order valence-electron chi connectivity index (χ4n) is 1.57. The summed E-state index contributed by atoms with van der Waals surface area (Å²) in [6, 6.07) is -0.657. The van der Waals surface area contributed by atoms with E-state index >= 15 is 0 Å². The van der Waals surface area contributed by atoms with E-state index in [2.05, 4.69) is 0 Å². The fraction of sp³-hybridized carbons (Fsp3) is 0.917. The Kier molecular flexibility index (Phi) is 11.0. The first-order valence-electron chi connectivity index (χ1n) is 6.28. The van der Waals surface area contributed by atoms with E-state index in [-0.39, 0.29) is 6.61 Å². The van der Waals surface area contributed by atoms with Crippen molar-refractivity contribution in [2.75, 3.05) is 53.2 Å². The van der Waals surface area contributed by atoms with Gasteiger partial charge in [-0.2, -0.15) is 0 Å². The van der Waals surface area contributed by atoms with Crippen molar-refractivity contribution in [1.82, 2.24) is 4.90 Å². The highest BCUT2D eigenvalue weighted by Gasteiger charge is 2.25. The van der Waals surface area contributed by atoms with Gasteiger partial charge in [0.15, 0.2) is 0 Å². The summed E-state index contributed by atoms with van der Waals surface area (Å²) in [6.07, 6.45) is 0. The Hall–Kier alpha value is -0.690. The van der Waals surface area contributed by atoms with E-state index < -0.39 is 12.0 Å². The standard InChI is InChI=1S/C12H25NO5/c1-4-17-8-6-13(7-9-18-5-2)11(10-16-3)12(14)15/h11H,4-10H2,1-3H3,(H,14,15). The molecule has 6 heteroatoms. The topological polar surface area (TPSA) is 68.2 Å². The number of carboxylic acid groups (broad SMARTS) is 1. The average Bonchev–Trinajstić information content (AvgIpc) is 2.34. The molecule has 0 amide bonds. The fourth-order valence-corrected chi connectivity index (χ4v) is 1.57. The summed E-state index contributed by atoms with van der Waals surface area (Å²) in [7, 11) is 1.50. The van der Waals surface area contributed by atoms with Crippen molar-refractivity contribution in [3.05, 3.63) is 0 Å². The summed E-state index contributed by atoms with van der Waals surface area (Å²) in [5.41, 5.74) is 0. The first-order valence-corrected chi connectivity index (χ1v) is 6.28. The van der Waals surface area contributed by atoms with Crippen LogP contribution in [-0.4, -0.2) is 75.3 Å². The molecule has 1 atom stereocenters. The Labute approximate surface area is 109 Å². The second-order valence-corrected chi connectivity index (χ2v) is 3.74. The number of carboxylic acids is 1. The number of hydrogen-bond donors (Lipinski definition) is 1. The lowest BCUT2D eigenvalue weighted by atomic mass is 10.2. The predicted molar refractivity (Wildman–Crippen MR) is 67.9 cm³/mol. The Morgan fingerprint density at radius 2 is 1.67 bits per heavy atom. The summed E-state index contributed by atoms with van der Waals surface area (Å²) >= 11 is 0. The molecule has 1 unspecified atom stereocenters. The quantitative estimate of drug-likeness (QED) is 0.516. The molecule has 0 radical (unpaired) electrons. The van der Waals surface area contributed by atoms with Crippen LogP contribution in [0.5, 0.6) is 0 Å².